The molecule has 0 amide bonds. The molecule has 0 unspecified atom stereocenters. The fraction of sp³-hybridized carbons (Fsp3) is 0.200. The van der Waals surface area contributed by atoms with Crippen molar-refractivity contribution in [1.29, 1.82) is 0 Å². The molecule has 84 valence electrons. The van der Waals surface area contributed by atoms with Crippen LogP contribution < -0.4 is 0 Å². The van der Waals surface area contributed by atoms with Gasteiger partial charge in [0.1, 0.15) is 5.82 Å². The van der Waals surface area contributed by atoms with E-state index in [0.29, 0.717) is 4.77 Å². The van der Waals surface area contributed by atoms with Crippen molar-refractivity contribution in [1.82, 2.24) is 14.8 Å². The third kappa shape index (κ3) is 2.14. The molecule has 0 saturated heterocycles. The van der Waals surface area contributed by atoms with E-state index in [4.69, 9.17) is 12.2 Å². The molecule has 0 atom stereocenters. The summed E-state index contributed by atoms with van der Waals surface area (Å²) >= 11 is 12.2. The molecule has 2 aromatic rings. The van der Waals surface area contributed by atoms with Crippen LogP contribution in [-0.2, 0) is 6.42 Å². The first kappa shape index (κ1) is 12.0. The van der Waals surface area contributed by atoms with Crippen molar-refractivity contribution in [3.8, 4) is 5.69 Å². The molecule has 1 N–H and O–H groups in total. The Kier molecular flexibility index (Phi) is 3.61. The Hall–Kier alpha value is -0.460. The number of rotatable bonds is 2. The summed E-state index contributed by atoms with van der Waals surface area (Å²) in [5.74, 6) is 0.924. The molecule has 0 aliphatic rings. The number of H-pyrrole nitrogens is 1. The summed E-state index contributed by atoms with van der Waals surface area (Å²) in [5, 5.41) is 7.00. The maximum atomic E-state index is 5.23. The van der Waals surface area contributed by atoms with Crippen LogP contribution in [-0.4, -0.2) is 14.8 Å². The van der Waals surface area contributed by atoms with E-state index in [1.165, 1.54) is 0 Å². The summed E-state index contributed by atoms with van der Waals surface area (Å²) in [7, 11) is 0. The van der Waals surface area contributed by atoms with Crippen LogP contribution in [0.2, 0.25) is 0 Å². The summed E-state index contributed by atoms with van der Waals surface area (Å²) in [4.78, 5) is 0. The number of benzene rings is 1. The fourth-order valence-electron chi connectivity index (χ4n) is 1.48. The van der Waals surface area contributed by atoms with Crippen LogP contribution in [0.15, 0.2) is 27.1 Å². The van der Waals surface area contributed by atoms with Gasteiger partial charge in [-0.1, -0.05) is 22.9 Å². The second kappa shape index (κ2) is 4.81. The molecule has 1 aromatic carbocycles. The second-order valence-corrected chi connectivity index (χ2v) is 5.39. The lowest BCUT2D eigenvalue weighted by molar-refractivity contribution is 0.877. The molecule has 6 heteroatoms. The van der Waals surface area contributed by atoms with Crippen LogP contribution in [0.1, 0.15) is 12.7 Å². The molecule has 0 aliphatic carbocycles. The van der Waals surface area contributed by atoms with E-state index in [9.17, 15) is 0 Å². The minimum Gasteiger partial charge on any atom is -0.271 e. The highest BCUT2D eigenvalue weighted by Gasteiger charge is 2.09. The number of aryl methyl sites for hydroxylation is 1. The highest BCUT2D eigenvalue weighted by atomic mass is 79.9. The molecule has 1 heterocycles. The maximum Gasteiger partial charge on any atom is 0.199 e. The highest BCUT2D eigenvalue weighted by molar-refractivity contribution is 9.11. The van der Waals surface area contributed by atoms with Crippen molar-refractivity contribution in [2.24, 2.45) is 0 Å². The monoisotopic (exact) mass is 361 g/mol. The highest BCUT2D eigenvalue weighted by Crippen LogP contribution is 2.26. The molecule has 0 aliphatic heterocycles. The van der Waals surface area contributed by atoms with Crippen molar-refractivity contribution in [2.75, 3.05) is 0 Å². The van der Waals surface area contributed by atoms with Gasteiger partial charge in [0.15, 0.2) is 4.77 Å². The molecule has 1 aromatic heterocycles. The zero-order chi connectivity index (χ0) is 11.7. The lowest BCUT2D eigenvalue weighted by atomic mass is 10.3. The minimum atomic E-state index is 0.611. The molecule has 0 bridgehead atoms. The van der Waals surface area contributed by atoms with Gasteiger partial charge in [-0.05, 0) is 46.3 Å². The number of nitrogens with one attached hydrogen (secondary N) is 1. The third-order valence-electron chi connectivity index (χ3n) is 2.21. The summed E-state index contributed by atoms with van der Waals surface area (Å²) in [6.07, 6.45) is 0.829. The summed E-state index contributed by atoms with van der Waals surface area (Å²) in [6.45, 7) is 2.05. The van der Waals surface area contributed by atoms with Crippen LogP contribution >= 0.6 is 44.1 Å². The van der Waals surface area contributed by atoms with Crippen LogP contribution in [0.3, 0.4) is 0 Å². The number of nitrogens with zero attached hydrogens (tertiary/aromatic N) is 2. The van der Waals surface area contributed by atoms with E-state index >= 15 is 0 Å². The predicted molar refractivity (Wildman–Crippen MR) is 73.5 cm³/mol. The number of hydrogen-bond acceptors (Lipinski definition) is 2. The average Bonchev–Trinajstić information content (AvgIpc) is 2.60. The molecule has 0 spiro atoms. The SMILES string of the molecule is CCc1n[nH]c(=S)n1-c1ccc(Br)cc1Br. The zero-order valence-corrected chi connectivity index (χ0v) is 12.5. The largest absolute Gasteiger partial charge is 0.271 e. The first-order valence-electron chi connectivity index (χ1n) is 4.75. The lowest BCUT2D eigenvalue weighted by Crippen LogP contribution is -2.01. The predicted octanol–water partition coefficient (Wildman–Crippen LogP) is 4.02. The molecule has 0 fully saturated rings. The third-order valence-corrected chi connectivity index (χ3v) is 3.61. The van der Waals surface area contributed by atoms with Gasteiger partial charge in [-0.15, -0.1) is 0 Å². The van der Waals surface area contributed by atoms with E-state index in [-0.39, 0.29) is 0 Å². The van der Waals surface area contributed by atoms with Gasteiger partial charge in [0.05, 0.1) is 5.69 Å². The molecular formula is C10H9Br2N3S. The summed E-state index contributed by atoms with van der Waals surface area (Å²) < 4.78 is 4.55. The van der Waals surface area contributed by atoms with E-state index in [2.05, 4.69) is 42.1 Å². The van der Waals surface area contributed by atoms with Crippen molar-refractivity contribution in [2.45, 2.75) is 13.3 Å². The number of hydrogen-bond donors (Lipinski definition) is 1. The minimum absolute atomic E-state index is 0.611. The van der Waals surface area contributed by atoms with Crippen LogP contribution in [0.25, 0.3) is 5.69 Å². The van der Waals surface area contributed by atoms with Crippen LogP contribution in [0.4, 0.5) is 0 Å². The Morgan fingerprint density at radius 3 is 2.81 bits per heavy atom. The number of aromatic nitrogens is 3. The van der Waals surface area contributed by atoms with Gasteiger partial charge in [0, 0.05) is 15.4 Å². The lowest BCUT2D eigenvalue weighted by Gasteiger charge is -2.08. The van der Waals surface area contributed by atoms with Gasteiger partial charge in [-0.2, -0.15) is 5.10 Å². The number of aromatic amines is 1. The van der Waals surface area contributed by atoms with E-state index in [1.807, 2.05) is 29.7 Å². The van der Waals surface area contributed by atoms with Crippen molar-refractivity contribution < 1.29 is 0 Å². The molecule has 3 nitrogen and oxygen atoms in total. The van der Waals surface area contributed by atoms with Crippen molar-refractivity contribution in [3.05, 3.63) is 37.7 Å². The normalized spacial score (nSPS) is 10.7. The van der Waals surface area contributed by atoms with Crippen molar-refractivity contribution >= 4 is 44.1 Å². The molecule has 0 saturated carbocycles. The van der Waals surface area contributed by atoms with E-state index in [0.717, 1.165) is 26.9 Å². The van der Waals surface area contributed by atoms with Gasteiger partial charge < -0.3 is 0 Å². The standard InChI is InChI=1S/C10H9Br2N3S/c1-2-9-13-14-10(16)15(9)8-4-3-6(11)5-7(8)12/h3-5H,2H2,1H3,(H,14,16). The Bertz CT molecular complexity index is 574. The van der Waals surface area contributed by atoms with Gasteiger partial charge >= 0.3 is 0 Å². The fourth-order valence-corrected chi connectivity index (χ4v) is 2.95. The van der Waals surface area contributed by atoms with Crippen LogP contribution in [0.5, 0.6) is 0 Å². The van der Waals surface area contributed by atoms with Gasteiger partial charge in [0.25, 0.3) is 0 Å². The Labute approximate surface area is 115 Å². The Balaban J connectivity index is 2.67. The molecular weight excluding hydrogens is 354 g/mol. The first-order valence-corrected chi connectivity index (χ1v) is 6.74. The quantitative estimate of drug-likeness (QED) is 0.818. The molecule has 16 heavy (non-hydrogen) atoms. The van der Waals surface area contributed by atoms with E-state index in [1.54, 1.807) is 0 Å². The summed E-state index contributed by atoms with van der Waals surface area (Å²) in [5.41, 5.74) is 0.999. The molecule has 0 radical (unpaired) electrons. The topological polar surface area (TPSA) is 33.6 Å². The maximum absolute atomic E-state index is 5.23. The van der Waals surface area contributed by atoms with E-state index < -0.39 is 0 Å². The van der Waals surface area contributed by atoms with Crippen molar-refractivity contribution in [3.63, 3.8) is 0 Å². The smallest absolute Gasteiger partial charge is 0.199 e. The van der Waals surface area contributed by atoms with Gasteiger partial charge in [-0.3, -0.25) is 9.67 Å². The first-order chi connectivity index (χ1) is 7.63. The average molecular weight is 363 g/mol. The Morgan fingerprint density at radius 1 is 1.44 bits per heavy atom. The molecule has 2 rings (SSSR count). The zero-order valence-electron chi connectivity index (χ0n) is 8.50. The Morgan fingerprint density at radius 2 is 2.19 bits per heavy atom. The van der Waals surface area contributed by atoms with Gasteiger partial charge in [0.2, 0.25) is 0 Å². The summed E-state index contributed by atoms with van der Waals surface area (Å²) in [6, 6.07) is 5.97. The second-order valence-electron chi connectivity index (χ2n) is 3.23. The van der Waals surface area contributed by atoms with Gasteiger partial charge in [-0.25, -0.2) is 0 Å². The van der Waals surface area contributed by atoms with Crippen LogP contribution in [0, 0.1) is 4.77 Å². The number of halogens is 2.